The predicted molar refractivity (Wildman–Crippen MR) is 77.0 cm³/mol. The van der Waals surface area contributed by atoms with Crippen molar-refractivity contribution < 1.29 is 7.60 Å². The third kappa shape index (κ3) is 4.56. The van der Waals surface area contributed by atoms with Crippen LogP contribution in [0.5, 0.6) is 0 Å². The van der Waals surface area contributed by atoms with Gasteiger partial charge in [0.15, 0.2) is 0 Å². The number of hydrogen-bond donors (Lipinski definition) is 0. The average molecular weight is 360 g/mol. The molecule has 0 unspecified atom stereocenters. The van der Waals surface area contributed by atoms with Crippen LogP contribution < -0.4 is 3.08 Å². The molecule has 0 bridgehead atoms. The molecule has 0 aliphatic carbocycles. The van der Waals surface area contributed by atoms with Crippen molar-refractivity contribution in [2.24, 2.45) is 0 Å². The van der Waals surface area contributed by atoms with Gasteiger partial charge >= 0.3 is 116 Å². The first-order valence-electron chi connectivity index (χ1n) is 7.62. The van der Waals surface area contributed by atoms with Crippen LogP contribution in [0.1, 0.15) is 59.3 Å². The summed E-state index contributed by atoms with van der Waals surface area (Å²) in [6.45, 7) is 6.86. The van der Waals surface area contributed by atoms with Crippen LogP contribution in [0.3, 0.4) is 0 Å². The molecule has 0 atom stereocenters. The zero-order valence-electron chi connectivity index (χ0n) is 12.3. The van der Waals surface area contributed by atoms with Crippen molar-refractivity contribution >= 4 is 18.7 Å². The molecule has 18 heavy (non-hydrogen) atoms. The van der Waals surface area contributed by atoms with Crippen molar-refractivity contribution in [2.45, 2.75) is 72.6 Å². The second-order valence-electron chi connectivity index (χ2n) is 5.31. The van der Waals surface area contributed by atoms with Crippen molar-refractivity contribution in [1.29, 1.82) is 0 Å². The van der Waals surface area contributed by atoms with Gasteiger partial charge in [0.05, 0.1) is 0 Å². The van der Waals surface area contributed by atoms with E-state index in [4.69, 9.17) is 4.52 Å². The van der Waals surface area contributed by atoms with Gasteiger partial charge in [-0.2, -0.15) is 0 Å². The summed E-state index contributed by atoms with van der Waals surface area (Å²) in [7, 11) is 0. The summed E-state index contributed by atoms with van der Waals surface area (Å²) in [5, 5.41) is 4.49. The van der Waals surface area contributed by atoms with E-state index in [1.807, 2.05) is 6.20 Å². The van der Waals surface area contributed by atoms with Gasteiger partial charge in [0.1, 0.15) is 0 Å². The van der Waals surface area contributed by atoms with Crippen LogP contribution in [0.4, 0.5) is 0 Å². The van der Waals surface area contributed by atoms with Crippen molar-refractivity contribution in [3.63, 3.8) is 0 Å². The van der Waals surface area contributed by atoms with Gasteiger partial charge in [0, 0.05) is 0 Å². The molecule has 104 valence electrons. The zero-order valence-corrected chi connectivity index (χ0v) is 15.2. The number of hydrogen-bond acceptors (Lipinski definition) is 2. The molecule has 1 heterocycles. The average Bonchev–Trinajstić information content (AvgIpc) is 2.93. The normalized spacial score (nSPS) is 11.9. The Morgan fingerprint density at radius 1 is 0.944 bits per heavy atom. The summed E-state index contributed by atoms with van der Waals surface area (Å²) in [6.07, 6.45) is 11.5. The summed E-state index contributed by atoms with van der Waals surface area (Å²) in [5.41, 5.74) is 0. The van der Waals surface area contributed by atoms with E-state index >= 15 is 0 Å². The number of nitrogens with zero attached hydrogens (tertiary/aromatic N) is 2. The molecule has 0 saturated carbocycles. The Morgan fingerprint density at radius 2 is 1.44 bits per heavy atom. The first kappa shape index (κ1) is 16.0. The third-order valence-corrected chi connectivity index (χ3v) is 17.7. The molecule has 0 aliphatic rings. The SMILES string of the molecule is CCC[CH2][Sn]([CH2]CCC)([CH2]CCC)[n+]1ncco1. The first-order valence-corrected chi connectivity index (χ1v) is 14.9. The van der Waals surface area contributed by atoms with E-state index in [0.29, 0.717) is 0 Å². The standard InChI is InChI=1S/3C4H9.C2H2N2O.Sn/c3*1-3-4-2;1-2-5-4-3-1;/h3*1,3-4H2,2H3;1-2H;/q;;;;+1. The number of unbranched alkanes of at least 4 members (excludes halogenated alkanes) is 3. The molecule has 1 aromatic rings. The quantitative estimate of drug-likeness (QED) is 0.587. The molecule has 0 radical (unpaired) electrons. The summed E-state index contributed by atoms with van der Waals surface area (Å²) in [4.78, 5) is 0. The Labute approximate surface area is 116 Å². The van der Waals surface area contributed by atoms with Crippen molar-refractivity contribution in [1.82, 2.24) is 5.10 Å². The van der Waals surface area contributed by atoms with Crippen LogP contribution in [0.15, 0.2) is 17.0 Å². The molecule has 1 aromatic heterocycles. The summed E-state index contributed by atoms with van der Waals surface area (Å²) in [5.74, 6) is 0. The minimum atomic E-state index is -2.39. The Kier molecular flexibility index (Phi) is 7.94. The van der Waals surface area contributed by atoms with Crippen LogP contribution in [0.2, 0.25) is 13.3 Å². The van der Waals surface area contributed by atoms with Crippen LogP contribution >= 0.6 is 0 Å². The molecule has 0 N–H and O–H groups in total. The van der Waals surface area contributed by atoms with Gasteiger partial charge in [-0.25, -0.2) is 0 Å². The first-order chi connectivity index (χ1) is 8.79. The predicted octanol–water partition coefficient (Wildman–Crippen LogP) is 4.16. The van der Waals surface area contributed by atoms with E-state index in [1.165, 1.54) is 51.8 Å². The van der Waals surface area contributed by atoms with Crippen molar-refractivity contribution in [3.8, 4) is 0 Å². The van der Waals surface area contributed by atoms with Gasteiger partial charge in [0.25, 0.3) is 0 Å². The van der Waals surface area contributed by atoms with Gasteiger partial charge < -0.3 is 0 Å². The van der Waals surface area contributed by atoms with E-state index in [1.54, 1.807) is 6.26 Å². The molecule has 0 aliphatic heterocycles. The Bertz CT molecular complexity index is 279. The minimum absolute atomic E-state index is 1.29. The molecule has 0 spiro atoms. The summed E-state index contributed by atoms with van der Waals surface area (Å²) >= 11 is -2.39. The molecule has 4 heteroatoms. The van der Waals surface area contributed by atoms with Crippen LogP contribution in [-0.4, -0.2) is 23.7 Å². The molecule has 3 nitrogen and oxygen atoms in total. The Hall–Kier alpha value is -0.0613. The molecular weight excluding hydrogens is 331 g/mol. The fourth-order valence-corrected chi connectivity index (χ4v) is 16.8. The summed E-state index contributed by atoms with van der Waals surface area (Å²) < 4.78 is 12.0. The van der Waals surface area contributed by atoms with Gasteiger partial charge in [-0.1, -0.05) is 0 Å². The van der Waals surface area contributed by atoms with Gasteiger partial charge in [-0.15, -0.1) is 0 Å². The molecule has 0 amide bonds. The van der Waals surface area contributed by atoms with Crippen LogP contribution in [-0.2, 0) is 0 Å². The monoisotopic (exact) mass is 361 g/mol. The maximum absolute atomic E-state index is 5.69. The Balaban J connectivity index is 2.84. The topological polar surface area (TPSA) is 29.9 Å². The fourth-order valence-electron chi connectivity index (χ4n) is 2.61. The third-order valence-electron chi connectivity index (χ3n) is 3.79. The zero-order chi connectivity index (χ0) is 13.3. The van der Waals surface area contributed by atoms with Gasteiger partial charge in [0.2, 0.25) is 0 Å². The van der Waals surface area contributed by atoms with E-state index in [9.17, 15) is 0 Å². The van der Waals surface area contributed by atoms with E-state index in [2.05, 4.69) is 28.9 Å². The van der Waals surface area contributed by atoms with Crippen molar-refractivity contribution in [2.75, 3.05) is 0 Å². The fraction of sp³-hybridized carbons (Fsp3) is 0.857. The second-order valence-corrected chi connectivity index (χ2v) is 17.7. The van der Waals surface area contributed by atoms with Gasteiger partial charge in [-0.3, -0.25) is 0 Å². The second kappa shape index (κ2) is 8.94. The molecule has 0 aromatic carbocycles. The van der Waals surface area contributed by atoms with Crippen LogP contribution in [0, 0.1) is 0 Å². The number of rotatable bonds is 10. The maximum atomic E-state index is 5.69. The van der Waals surface area contributed by atoms with E-state index in [-0.39, 0.29) is 0 Å². The number of aromatic nitrogens is 2. The van der Waals surface area contributed by atoms with Gasteiger partial charge in [-0.05, 0) is 0 Å². The van der Waals surface area contributed by atoms with Crippen molar-refractivity contribution in [3.05, 3.63) is 12.5 Å². The molecule has 0 saturated heterocycles. The molecule has 0 fully saturated rings. The Morgan fingerprint density at radius 3 is 1.78 bits per heavy atom. The van der Waals surface area contributed by atoms with E-state index < -0.39 is 18.7 Å². The molecule has 1 rings (SSSR count). The summed E-state index contributed by atoms with van der Waals surface area (Å²) in [6, 6.07) is 0. The van der Waals surface area contributed by atoms with E-state index in [0.717, 1.165) is 0 Å². The van der Waals surface area contributed by atoms with Crippen LogP contribution in [0.25, 0.3) is 0 Å². The molecular formula is C14H29N2OSn+.